The molecule has 0 N–H and O–H groups in total. The Balaban J connectivity index is 0.000000165. The highest BCUT2D eigenvalue weighted by atomic mass is 35.5. The first-order valence-corrected chi connectivity index (χ1v) is 5.56. The van der Waals surface area contributed by atoms with E-state index in [1.807, 2.05) is 27.7 Å². The first kappa shape index (κ1) is 13.5. The Bertz CT molecular complexity index is 316. The number of halogens is 1. The van der Waals surface area contributed by atoms with Crippen molar-refractivity contribution in [3.05, 3.63) is 29.5 Å². The van der Waals surface area contributed by atoms with Crippen molar-refractivity contribution in [3.63, 3.8) is 0 Å². The van der Waals surface area contributed by atoms with E-state index >= 15 is 0 Å². The highest BCUT2D eigenvalue weighted by molar-refractivity contribution is 6.30. The molecule has 0 aromatic carbocycles. The molecule has 2 rings (SSSR count). The molecule has 0 spiro atoms. The lowest BCUT2D eigenvalue weighted by Crippen LogP contribution is -2.41. The maximum atomic E-state index is 5.48. The van der Waals surface area contributed by atoms with E-state index in [0.29, 0.717) is 12.7 Å². The molecule has 0 amide bonds. The number of aromatic nitrogens is 1. The van der Waals surface area contributed by atoms with Gasteiger partial charge >= 0.3 is 7.69 Å². The molecule has 1 aromatic rings. The molecule has 0 bridgehead atoms. The number of hydrogen-bond acceptors (Lipinski definition) is 3. The molecule has 16 heavy (non-hydrogen) atoms. The normalized spacial score (nSPS) is 20.6. The quantitative estimate of drug-likeness (QED) is 0.654. The van der Waals surface area contributed by atoms with Crippen LogP contribution in [0.2, 0.25) is 5.02 Å². The van der Waals surface area contributed by atoms with Gasteiger partial charge in [-0.2, -0.15) is 0 Å². The summed E-state index contributed by atoms with van der Waals surface area (Å²) in [7, 11) is 0.431. The summed E-state index contributed by atoms with van der Waals surface area (Å²) >= 11 is 5.48. The molecule has 0 radical (unpaired) electrons. The Hall–Kier alpha value is -0.575. The summed E-state index contributed by atoms with van der Waals surface area (Å²) in [5.74, 6) is 0. The summed E-state index contributed by atoms with van der Waals surface area (Å²) in [6, 6.07) is 3.58. The van der Waals surface area contributed by atoms with Gasteiger partial charge in [0.15, 0.2) is 0 Å². The molecule has 0 aliphatic carbocycles. The molecule has 88 valence electrons. The van der Waals surface area contributed by atoms with E-state index < -0.39 is 0 Å². The van der Waals surface area contributed by atoms with Crippen LogP contribution in [0.1, 0.15) is 27.7 Å². The summed E-state index contributed by atoms with van der Waals surface area (Å²) < 4.78 is 10.7. The lowest BCUT2D eigenvalue weighted by molar-refractivity contribution is 0.00578. The summed E-state index contributed by atoms with van der Waals surface area (Å²) in [4.78, 5) is 3.75. The van der Waals surface area contributed by atoms with E-state index in [4.69, 9.17) is 20.9 Å². The maximum absolute atomic E-state index is 5.48. The lowest BCUT2D eigenvalue weighted by Gasteiger charge is -2.32. The van der Waals surface area contributed by atoms with Crippen molar-refractivity contribution in [1.29, 1.82) is 0 Å². The fourth-order valence-corrected chi connectivity index (χ4v) is 1.14. The van der Waals surface area contributed by atoms with Gasteiger partial charge in [0.25, 0.3) is 0 Å². The van der Waals surface area contributed by atoms with Crippen LogP contribution in [0.3, 0.4) is 0 Å². The minimum Gasteiger partial charge on any atom is -0.406 e. The predicted molar refractivity (Wildman–Crippen MR) is 66.7 cm³/mol. The Morgan fingerprint density at radius 1 is 1.19 bits per heavy atom. The van der Waals surface area contributed by atoms with Gasteiger partial charge in [-0.15, -0.1) is 0 Å². The van der Waals surface area contributed by atoms with Crippen LogP contribution in [0.5, 0.6) is 0 Å². The summed E-state index contributed by atoms with van der Waals surface area (Å²) in [6.45, 7) is 8.17. The average molecular weight is 242 g/mol. The van der Waals surface area contributed by atoms with Gasteiger partial charge in [-0.05, 0) is 39.8 Å². The molecular weight excluding hydrogens is 224 g/mol. The Morgan fingerprint density at radius 2 is 1.75 bits per heavy atom. The molecule has 5 heteroatoms. The maximum Gasteiger partial charge on any atom is 0.439 e. The van der Waals surface area contributed by atoms with Crippen molar-refractivity contribution < 1.29 is 9.31 Å². The van der Waals surface area contributed by atoms with E-state index in [9.17, 15) is 0 Å². The molecule has 3 nitrogen and oxygen atoms in total. The van der Waals surface area contributed by atoms with Crippen LogP contribution in [0.4, 0.5) is 0 Å². The summed E-state index contributed by atoms with van der Waals surface area (Å²) in [5.41, 5.74) is -0.264. The number of pyridine rings is 1. The zero-order valence-corrected chi connectivity index (χ0v) is 10.9. The number of hydrogen-bond donors (Lipinski definition) is 0. The minimum absolute atomic E-state index is 0.132. The minimum atomic E-state index is -0.132. The first-order valence-electron chi connectivity index (χ1n) is 5.18. The van der Waals surface area contributed by atoms with Crippen LogP contribution in [0.15, 0.2) is 24.5 Å². The van der Waals surface area contributed by atoms with Gasteiger partial charge in [0.2, 0.25) is 0 Å². The van der Waals surface area contributed by atoms with Gasteiger partial charge in [0, 0.05) is 12.4 Å². The van der Waals surface area contributed by atoms with E-state index in [1.165, 1.54) is 0 Å². The second kappa shape index (κ2) is 5.17. The molecule has 0 saturated carbocycles. The number of rotatable bonds is 0. The lowest BCUT2D eigenvalue weighted by atomic mass is 9.90. The van der Waals surface area contributed by atoms with Gasteiger partial charge in [-0.1, -0.05) is 11.6 Å². The fraction of sp³-hybridized carbons (Fsp3) is 0.545. The Labute approximate surface area is 102 Å². The van der Waals surface area contributed by atoms with E-state index in [2.05, 4.69) is 4.98 Å². The van der Waals surface area contributed by atoms with Crippen LogP contribution in [0, 0.1) is 0 Å². The molecule has 1 fully saturated rings. The Kier molecular flexibility index (Phi) is 4.36. The van der Waals surface area contributed by atoms with Gasteiger partial charge in [-0.25, -0.2) is 0 Å². The van der Waals surface area contributed by atoms with Crippen molar-refractivity contribution in [1.82, 2.24) is 4.98 Å². The SMILES string of the molecule is CC1(C)OBOC1(C)C.Clc1cccnc1. The smallest absolute Gasteiger partial charge is 0.406 e. The van der Waals surface area contributed by atoms with Crippen LogP contribution >= 0.6 is 11.6 Å². The summed E-state index contributed by atoms with van der Waals surface area (Å²) in [5, 5.41) is 0.683. The van der Waals surface area contributed by atoms with Crippen LogP contribution in [-0.2, 0) is 9.31 Å². The third-order valence-electron chi connectivity index (χ3n) is 2.91. The fourth-order valence-electron chi connectivity index (χ4n) is 1.01. The standard InChI is InChI=1S/C6H13BO2.C5H4ClN/c1-5(2)6(3,4)9-7-8-5;6-5-2-1-3-7-4-5/h7H,1-4H3;1-4H. The van der Waals surface area contributed by atoms with Crippen molar-refractivity contribution in [2.45, 2.75) is 38.9 Å². The molecule has 1 aromatic heterocycles. The van der Waals surface area contributed by atoms with Crippen LogP contribution in [0.25, 0.3) is 0 Å². The Morgan fingerprint density at radius 3 is 1.94 bits per heavy atom. The molecule has 2 heterocycles. The van der Waals surface area contributed by atoms with Gasteiger partial charge in [0.05, 0.1) is 16.2 Å². The highest BCUT2D eigenvalue weighted by Gasteiger charge is 2.44. The van der Waals surface area contributed by atoms with Crippen LogP contribution in [-0.4, -0.2) is 23.9 Å². The molecule has 1 aliphatic rings. The van der Waals surface area contributed by atoms with Crippen molar-refractivity contribution in [2.24, 2.45) is 0 Å². The second-order valence-electron chi connectivity index (χ2n) is 4.60. The van der Waals surface area contributed by atoms with E-state index in [0.717, 1.165) is 0 Å². The number of nitrogens with zero attached hydrogens (tertiary/aromatic N) is 1. The average Bonchev–Trinajstić information content (AvgIpc) is 2.41. The molecule has 0 unspecified atom stereocenters. The van der Waals surface area contributed by atoms with Gasteiger partial charge in [0.1, 0.15) is 0 Å². The van der Waals surface area contributed by atoms with Crippen LogP contribution < -0.4 is 0 Å². The van der Waals surface area contributed by atoms with E-state index in [1.54, 1.807) is 24.5 Å². The monoisotopic (exact) mass is 241 g/mol. The predicted octanol–water partition coefficient (Wildman–Crippen LogP) is 2.59. The largest absolute Gasteiger partial charge is 0.439 e. The van der Waals surface area contributed by atoms with Crippen molar-refractivity contribution in [3.8, 4) is 0 Å². The zero-order valence-electron chi connectivity index (χ0n) is 10.2. The van der Waals surface area contributed by atoms with Gasteiger partial charge in [-0.3, -0.25) is 4.98 Å². The third-order valence-corrected chi connectivity index (χ3v) is 3.14. The molecule has 1 aliphatic heterocycles. The van der Waals surface area contributed by atoms with Crippen molar-refractivity contribution >= 4 is 19.3 Å². The van der Waals surface area contributed by atoms with E-state index in [-0.39, 0.29) is 11.2 Å². The van der Waals surface area contributed by atoms with Crippen molar-refractivity contribution in [2.75, 3.05) is 0 Å². The second-order valence-corrected chi connectivity index (χ2v) is 5.03. The highest BCUT2D eigenvalue weighted by Crippen LogP contribution is 2.33. The summed E-state index contributed by atoms with van der Waals surface area (Å²) in [6.07, 6.45) is 3.29. The zero-order chi connectivity index (χ0) is 12.2. The first-order chi connectivity index (χ1) is 7.35. The topological polar surface area (TPSA) is 31.4 Å². The molecule has 1 saturated heterocycles. The molecular formula is C11H17BClNO2. The van der Waals surface area contributed by atoms with Gasteiger partial charge < -0.3 is 9.31 Å². The third kappa shape index (κ3) is 3.47. The molecule has 0 atom stereocenters.